The Kier molecular flexibility index (Phi) is 9.57. The molecule has 0 spiro atoms. The first-order valence-corrected chi connectivity index (χ1v) is 5.86. The van der Waals surface area contributed by atoms with Crippen LogP contribution in [0.5, 0.6) is 0 Å². The van der Waals surface area contributed by atoms with E-state index >= 15 is 0 Å². The monoisotopic (exact) mass is 191 g/mol. The molecule has 1 atom stereocenters. The molecule has 3 heteroatoms. The van der Waals surface area contributed by atoms with Gasteiger partial charge in [0.05, 0.1) is 0 Å². The van der Waals surface area contributed by atoms with Gasteiger partial charge >= 0.3 is 0 Å². The molecule has 0 aromatic rings. The summed E-state index contributed by atoms with van der Waals surface area (Å²) in [7, 11) is 2.02. The van der Waals surface area contributed by atoms with Crippen LogP contribution in [-0.4, -0.2) is 36.3 Å². The number of rotatable bonds is 8. The van der Waals surface area contributed by atoms with Crippen molar-refractivity contribution in [2.45, 2.75) is 32.2 Å². The Morgan fingerprint density at radius 3 is 2.75 bits per heavy atom. The molecule has 0 saturated carbocycles. The zero-order chi connectivity index (χ0) is 9.23. The van der Waals surface area contributed by atoms with Crippen molar-refractivity contribution in [3.05, 3.63) is 0 Å². The molecule has 0 aliphatic heterocycles. The average molecular weight is 191 g/mol. The Hall–Kier alpha value is 0.270. The standard InChI is InChI=1S/C9H21NOS/c1-3-5-9(10-2)8-12-7-4-6-11/h9-11H,3-8H2,1-2H3. The van der Waals surface area contributed by atoms with E-state index in [0.29, 0.717) is 12.6 Å². The molecule has 0 amide bonds. The molecule has 1 unspecified atom stereocenters. The van der Waals surface area contributed by atoms with E-state index in [-0.39, 0.29) is 0 Å². The minimum atomic E-state index is 0.324. The quantitative estimate of drug-likeness (QED) is 0.570. The Morgan fingerprint density at radius 1 is 1.50 bits per heavy atom. The van der Waals surface area contributed by atoms with Crippen molar-refractivity contribution >= 4 is 11.8 Å². The zero-order valence-corrected chi connectivity index (χ0v) is 8.99. The van der Waals surface area contributed by atoms with E-state index in [9.17, 15) is 0 Å². The van der Waals surface area contributed by atoms with Crippen molar-refractivity contribution in [1.29, 1.82) is 0 Å². The van der Waals surface area contributed by atoms with Crippen LogP contribution in [0.1, 0.15) is 26.2 Å². The fourth-order valence-electron chi connectivity index (χ4n) is 1.05. The topological polar surface area (TPSA) is 32.3 Å². The van der Waals surface area contributed by atoms with Gasteiger partial charge in [-0.3, -0.25) is 0 Å². The van der Waals surface area contributed by atoms with Gasteiger partial charge < -0.3 is 10.4 Å². The maximum absolute atomic E-state index is 8.56. The van der Waals surface area contributed by atoms with Gasteiger partial charge in [-0.1, -0.05) is 13.3 Å². The summed E-state index contributed by atoms with van der Waals surface area (Å²) in [5.74, 6) is 2.25. The van der Waals surface area contributed by atoms with E-state index in [0.717, 1.165) is 12.2 Å². The van der Waals surface area contributed by atoms with Crippen molar-refractivity contribution in [3.63, 3.8) is 0 Å². The Labute approximate surface area is 80.1 Å². The SMILES string of the molecule is CCCC(CSCCCO)NC. The number of thioether (sulfide) groups is 1. The summed E-state index contributed by atoms with van der Waals surface area (Å²) >= 11 is 1.93. The third kappa shape index (κ3) is 6.95. The molecule has 0 rings (SSSR count). The summed E-state index contributed by atoms with van der Waals surface area (Å²) in [6.07, 6.45) is 3.42. The largest absolute Gasteiger partial charge is 0.396 e. The lowest BCUT2D eigenvalue weighted by atomic mass is 10.2. The highest BCUT2D eigenvalue weighted by molar-refractivity contribution is 7.99. The Balaban J connectivity index is 3.19. The van der Waals surface area contributed by atoms with Gasteiger partial charge in [-0.15, -0.1) is 0 Å². The second-order valence-corrected chi connectivity index (χ2v) is 4.08. The molecule has 74 valence electrons. The van der Waals surface area contributed by atoms with Crippen molar-refractivity contribution < 1.29 is 5.11 Å². The van der Waals surface area contributed by atoms with Gasteiger partial charge in [0.1, 0.15) is 0 Å². The van der Waals surface area contributed by atoms with E-state index in [1.807, 2.05) is 18.8 Å². The molecular weight excluding hydrogens is 170 g/mol. The van der Waals surface area contributed by atoms with Gasteiger partial charge in [-0.2, -0.15) is 11.8 Å². The van der Waals surface area contributed by atoms with Gasteiger partial charge in [0.15, 0.2) is 0 Å². The van der Waals surface area contributed by atoms with Crippen LogP contribution in [0, 0.1) is 0 Å². The molecule has 0 saturated heterocycles. The van der Waals surface area contributed by atoms with Crippen LogP contribution in [0.25, 0.3) is 0 Å². The predicted molar refractivity (Wildman–Crippen MR) is 56.8 cm³/mol. The summed E-state index contributed by atoms with van der Waals surface area (Å²) in [5, 5.41) is 11.9. The van der Waals surface area contributed by atoms with E-state index in [4.69, 9.17) is 5.11 Å². The van der Waals surface area contributed by atoms with Crippen molar-refractivity contribution in [3.8, 4) is 0 Å². The van der Waals surface area contributed by atoms with Gasteiger partial charge in [-0.05, 0) is 25.6 Å². The summed E-state index contributed by atoms with van der Waals surface area (Å²) in [6, 6.07) is 0.652. The third-order valence-corrected chi connectivity index (χ3v) is 3.03. The molecule has 0 bridgehead atoms. The first kappa shape index (κ1) is 12.3. The molecule has 12 heavy (non-hydrogen) atoms. The average Bonchev–Trinajstić information content (AvgIpc) is 2.10. The minimum Gasteiger partial charge on any atom is -0.396 e. The second kappa shape index (κ2) is 9.36. The maximum atomic E-state index is 8.56. The first-order valence-electron chi connectivity index (χ1n) is 4.71. The fourth-order valence-corrected chi connectivity index (χ4v) is 2.17. The Bertz CT molecular complexity index is 90.6. The number of aliphatic hydroxyl groups is 1. The number of aliphatic hydroxyl groups excluding tert-OH is 1. The highest BCUT2D eigenvalue weighted by Crippen LogP contribution is 2.07. The molecule has 0 aliphatic carbocycles. The first-order chi connectivity index (χ1) is 5.85. The highest BCUT2D eigenvalue weighted by atomic mass is 32.2. The Morgan fingerprint density at radius 2 is 2.25 bits per heavy atom. The zero-order valence-electron chi connectivity index (χ0n) is 8.18. The lowest BCUT2D eigenvalue weighted by Crippen LogP contribution is -2.27. The van der Waals surface area contributed by atoms with Gasteiger partial charge in [-0.25, -0.2) is 0 Å². The summed E-state index contributed by atoms with van der Waals surface area (Å²) in [5.41, 5.74) is 0. The number of nitrogens with one attached hydrogen (secondary N) is 1. The lowest BCUT2D eigenvalue weighted by Gasteiger charge is -2.13. The molecule has 0 aromatic carbocycles. The maximum Gasteiger partial charge on any atom is 0.0438 e. The van der Waals surface area contributed by atoms with Crippen LogP contribution < -0.4 is 5.32 Å². The molecule has 2 nitrogen and oxygen atoms in total. The van der Waals surface area contributed by atoms with E-state index < -0.39 is 0 Å². The van der Waals surface area contributed by atoms with Crippen LogP contribution in [0.2, 0.25) is 0 Å². The normalized spacial score (nSPS) is 13.2. The van der Waals surface area contributed by atoms with E-state index in [1.165, 1.54) is 18.6 Å². The molecule has 0 fully saturated rings. The van der Waals surface area contributed by atoms with Crippen LogP contribution >= 0.6 is 11.8 Å². The molecular formula is C9H21NOS. The van der Waals surface area contributed by atoms with Gasteiger partial charge in [0, 0.05) is 18.4 Å². The lowest BCUT2D eigenvalue weighted by molar-refractivity contribution is 0.296. The fraction of sp³-hybridized carbons (Fsp3) is 1.00. The van der Waals surface area contributed by atoms with Gasteiger partial charge in [0.2, 0.25) is 0 Å². The molecule has 0 aromatic heterocycles. The van der Waals surface area contributed by atoms with Crippen LogP contribution in [0.4, 0.5) is 0 Å². The summed E-state index contributed by atoms with van der Waals surface area (Å²) in [4.78, 5) is 0. The van der Waals surface area contributed by atoms with Gasteiger partial charge in [0.25, 0.3) is 0 Å². The van der Waals surface area contributed by atoms with E-state index in [1.54, 1.807) is 0 Å². The second-order valence-electron chi connectivity index (χ2n) is 2.93. The van der Waals surface area contributed by atoms with Crippen LogP contribution in [0.15, 0.2) is 0 Å². The van der Waals surface area contributed by atoms with Crippen molar-refractivity contribution in [2.75, 3.05) is 25.2 Å². The smallest absolute Gasteiger partial charge is 0.0438 e. The predicted octanol–water partition coefficient (Wildman–Crippen LogP) is 1.49. The van der Waals surface area contributed by atoms with Crippen molar-refractivity contribution in [2.24, 2.45) is 0 Å². The number of hydrogen-bond donors (Lipinski definition) is 2. The summed E-state index contributed by atoms with van der Waals surface area (Å²) < 4.78 is 0. The van der Waals surface area contributed by atoms with Crippen LogP contribution in [-0.2, 0) is 0 Å². The molecule has 0 heterocycles. The minimum absolute atomic E-state index is 0.324. The molecule has 0 aliphatic rings. The van der Waals surface area contributed by atoms with Crippen LogP contribution in [0.3, 0.4) is 0 Å². The van der Waals surface area contributed by atoms with Crippen molar-refractivity contribution in [1.82, 2.24) is 5.32 Å². The highest BCUT2D eigenvalue weighted by Gasteiger charge is 2.03. The molecule has 0 radical (unpaired) electrons. The molecule has 2 N–H and O–H groups in total. The third-order valence-electron chi connectivity index (χ3n) is 1.81. The van der Waals surface area contributed by atoms with E-state index in [2.05, 4.69) is 12.2 Å². The summed E-state index contributed by atoms with van der Waals surface area (Å²) in [6.45, 7) is 2.54. The number of hydrogen-bond acceptors (Lipinski definition) is 3.